The first kappa shape index (κ1) is 15.8. The molecule has 3 aromatic rings. The van der Waals surface area contributed by atoms with Crippen LogP contribution in [0.5, 0.6) is 0 Å². The summed E-state index contributed by atoms with van der Waals surface area (Å²) in [4.78, 5) is 25.3. The van der Waals surface area contributed by atoms with Crippen molar-refractivity contribution >= 4 is 35.0 Å². The smallest absolute Gasteiger partial charge is 0.353 e. The van der Waals surface area contributed by atoms with Crippen LogP contribution in [0.25, 0.3) is 0 Å². The maximum absolute atomic E-state index is 12.9. The van der Waals surface area contributed by atoms with E-state index in [0.29, 0.717) is 16.3 Å². The molecule has 3 rings (SSSR count). The summed E-state index contributed by atoms with van der Waals surface area (Å²) in [5.41, 5.74) is 0.719. The van der Waals surface area contributed by atoms with Crippen molar-refractivity contribution < 1.29 is 14.7 Å². The normalized spacial score (nSPS) is 10.4. The fourth-order valence-corrected chi connectivity index (χ4v) is 2.44. The zero-order valence-corrected chi connectivity index (χ0v) is 13.1. The number of aromatic nitrogens is 2. The van der Waals surface area contributed by atoms with Crippen LogP contribution in [-0.2, 0) is 0 Å². The number of para-hydroxylation sites is 1. The summed E-state index contributed by atoms with van der Waals surface area (Å²) >= 11 is 6.22. The summed E-state index contributed by atoms with van der Waals surface area (Å²) in [6.07, 6.45) is 0. The highest BCUT2D eigenvalue weighted by Gasteiger charge is 2.24. The molecule has 120 valence electrons. The zero-order valence-electron chi connectivity index (χ0n) is 12.3. The number of anilines is 2. The molecule has 0 bridgehead atoms. The highest BCUT2D eigenvalue weighted by Crippen LogP contribution is 2.32. The molecule has 0 aliphatic carbocycles. The van der Waals surface area contributed by atoms with Crippen molar-refractivity contribution in [3.63, 3.8) is 0 Å². The van der Waals surface area contributed by atoms with E-state index in [0.717, 1.165) is 0 Å². The van der Waals surface area contributed by atoms with Gasteiger partial charge < -0.3 is 5.11 Å². The van der Waals surface area contributed by atoms with E-state index in [-0.39, 0.29) is 17.4 Å². The van der Waals surface area contributed by atoms with E-state index >= 15 is 0 Å². The Morgan fingerprint density at radius 2 is 1.71 bits per heavy atom. The van der Waals surface area contributed by atoms with Gasteiger partial charge in [-0.25, -0.2) is 4.79 Å². The molecule has 7 heteroatoms. The van der Waals surface area contributed by atoms with Gasteiger partial charge in [-0.3, -0.25) is 14.8 Å². The summed E-state index contributed by atoms with van der Waals surface area (Å²) in [5, 5.41) is 15.7. The van der Waals surface area contributed by atoms with Crippen LogP contribution in [0.4, 0.5) is 11.5 Å². The predicted octanol–water partition coefficient (Wildman–Crippen LogP) is 3.74. The molecule has 0 aliphatic rings. The number of hydrogen-bond donors (Lipinski definition) is 2. The molecule has 2 N–H and O–H groups in total. The molecule has 0 aliphatic heterocycles. The third-order valence-electron chi connectivity index (χ3n) is 3.34. The number of amides is 1. The molecule has 0 atom stereocenters. The number of hydrogen-bond acceptors (Lipinski definition) is 3. The summed E-state index contributed by atoms with van der Waals surface area (Å²) in [7, 11) is 0. The molecular formula is C17H12ClN3O3. The highest BCUT2D eigenvalue weighted by atomic mass is 35.5. The number of carboxylic acids is 1. The van der Waals surface area contributed by atoms with Crippen LogP contribution in [-0.4, -0.2) is 27.2 Å². The molecule has 0 saturated heterocycles. The Hall–Kier alpha value is -3.12. The number of carboxylic acid groups (broad SMARTS) is 1. The minimum Gasteiger partial charge on any atom is -0.477 e. The number of carbonyl (C=O) groups is 2. The summed E-state index contributed by atoms with van der Waals surface area (Å²) in [5.74, 6) is -1.39. The third kappa shape index (κ3) is 3.00. The Kier molecular flexibility index (Phi) is 4.31. The van der Waals surface area contributed by atoms with E-state index in [4.69, 9.17) is 16.7 Å². The van der Waals surface area contributed by atoms with Gasteiger partial charge in [0.25, 0.3) is 5.91 Å². The number of rotatable bonds is 4. The second-order valence-corrected chi connectivity index (χ2v) is 5.31. The van der Waals surface area contributed by atoms with Crippen molar-refractivity contribution in [3.8, 4) is 0 Å². The van der Waals surface area contributed by atoms with Crippen molar-refractivity contribution in [1.29, 1.82) is 0 Å². The molecule has 1 heterocycles. The number of halogens is 1. The van der Waals surface area contributed by atoms with Crippen LogP contribution in [0, 0.1) is 0 Å². The number of benzene rings is 2. The van der Waals surface area contributed by atoms with E-state index in [1.165, 1.54) is 11.0 Å². The predicted molar refractivity (Wildman–Crippen MR) is 89.9 cm³/mol. The molecule has 0 unspecified atom stereocenters. The van der Waals surface area contributed by atoms with Crippen molar-refractivity contribution in [2.24, 2.45) is 0 Å². The minimum absolute atomic E-state index is 0.122. The molecule has 1 amide bonds. The SMILES string of the molecule is O=C(O)c1cc(N(C(=O)c2ccccc2)c2ccccc2Cl)n[nH]1. The van der Waals surface area contributed by atoms with Crippen molar-refractivity contribution in [1.82, 2.24) is 10.2 Å². The first-order valence-electron chi connectivity index (χ1n) is 7.00. The van der Waals surface area contributed by atoms with Gasteiger partial charge in [0, 0.05) is 11.6 Å². The van der Waals surface area contributed by atoms with Gasteiger partial charge in [-0.05, 0) is 24.3 Å². The molecule has 2 aromatic carbocycles. The van der Waals surface area contributed by atoms with Crippen molar-refractivity contribution in [2.45, 2.75) is 0 Å². The maximum atomic E-state index is 12.9. The number of aromatic amines is 1. The molecule has 6 nitrogen and oxygen atoms in total. The standard InChI is InChI=1S/C17H12ClN3O3/c18-12-8-4-5-9-14(12)21(15-10-13(17(23)24)19-20-15)16(22)11-6-2-1-3-7-11/h1-10H,(H,19,20)(H,23,24). The minimum atomic E-state index is -1.17. The Balaban J connectivity index is 2.12. The van der Waals surface area contributed by atoms with Crippen LogP contribution in [0.15, 0.2) is 60.7 Å². The number of nitrogens with one attached hydrogen (secondary N) is 1. The second kappa shape index (κ2) is 6.55. The van der Waals surface area contributed by atoms with Gasteiger partial charge in [0.15, 0.2) is 5.82 Å². The lowest BCUT2D eigenvalue weighted by Gasteiger charge is -2.21. The Labute approximate surface area is 142 Å². The van der Waals surface area contributed by atoms with Gasteiger partial charge in [0.1, 0.15) is 5.69 Å². The van der Waals surface area contributed by atoms with E-state index in [9.17, 15) is 9.59 Å². The topological polar surface area (TPSA) is 86.3 Å². The van der Waals surface area contributed by atoms with Gasteiger partial charge in [0.05, 0.1) is 10.7 Å². The fourth-order valence-electron chi connectivity index (χ4n) is 2.22. The second-order valence-electron chi connectivity index (χ2n) is 4.90. The molecular weight excluding hydrogens is 330 g/mol. The van der Waals surface area contributed by atoms with Crippen molar-refractivity contribution in [2.75, 3.05) is 4.90 Å². The average molecular weight is 342 g/mol. The summed E-state index contributed by atoms with van der Waals surface area (Å²) in [6, 6.07) is 16.7. The van der Waals surface area contributed by atoms with Crippen molar-refractivity contribution in [3.05, 3.63) is 76.9 Å². The molecule has 0 radical (unpaired) electrons. The van der Waals surface area contributed by atoms with Crippen LogP contribution in [0.1, 0.15) is 20.8 Å². The molecule has 0 saturated carbocycles. The summed E-state index contributed by atoms with van der Waals surface area (Å²) < 4.78 is 0. The van der Waals surface area contributed by atoms with Gasteiger partial charge in [-0.15, -0.1) is 0 Å². The molecule has 1 aromatic heterocycles. The Morgan fingerprint density at radius 3 is 2.33 bits per heavy atom. The lowest BCUT2D eigenvalue weighted by Crippen LogP contribution is -2.26. The Morgan fingerprint density at radius 1 is 1.04 bits per heavy atom. The van der Waals surface area contributed by atoms with E-state index < -0.39 is 5.97 Å². The number of nitrogens with zero attached hydrogens (tertiary/aromatic N) is 2. The first-order valence-corrected chi connectivity index (χ1v) is 7.38. The lowest BCUT2D eigenvalue weighted by atomic mass is 10.1. The van der Waals surface area contributed by atoms with Gasteiger partial charge in [-0.1, -0.05) is 41.9 Å². The largest absolute Gasteiger partial charge is 0.477 e. The molecule has 0 spiro atoms. The van der Waals surface area contributed by atoms with E-state index in [2.05, 4.69) is 10.2 Å². The van der Waals surface area contributed by atoms with Crippen LogP contribution in [0.3, 0.4) is 0 Å². The molecule has 0 fully saturated rings. The quantitative estimate of drug-likeness (QED) is 0.756. The molecule has 24 heavy (non-hydrogen) atoms. The van der Waals surface area contributed by atoms with Crippen LogP contribution < -0.4 is 4.90 Å². The number of H-pyrrole nitrogens is 1. The highest BCUT2D eigenvalue weighted by molar-refractivity contribution is 6.34. The van der Waals surface area contributed by atoms with Crippen LogP contribution >= 0.6 is 11.6 Å². The third-order valence-corrected chi connectivity index (χ3v) is 3.66. The number of aromatic carboxylic acids is 1. The van der Waals surface area contributed by atoms with E-state index in [1.807, 2.05) is 0 Å². The maximum Gasteiger partial charge on any atom is 0.353 e. The van der Waals surface area contributed by atoms with Gasteiger partial charge in [0.2, 0.25) is 0 Å². The summed E-state index contributed by atoms with van der Waals surface area (Å²) in [6.45, 7) is 0. The monoisotopic (exact) mass is 341 g/mol. The number of carbonyl (C=O) groups excluding carboxylic acids is 1. The van der Waals surface area contributed by atoms with E-state index in [1.54, 1.807) is 54.6 Å². The van der Waals surface area contributed by atoms with Gasteiger partial charge in [-0.2, -0.15) is 5.10 Å². The van der Waals surface area contributed by atoms with Crippen LogP contribution in [0.2, 0.25) is 5.02 Å². The fraction of sp³-hybridized carbons (Fsp3) is 0. The average Bonchev–Trinajstić information content (AvgIpc) is 3.07. The van der Waals surface area contributed by atoms with Gasteiger partial charge >= 0.3 is 5.97 Å². The zero-order chi connectivity index (χ0) is 17.1. The first-order chi connectivity index (χ1) is 11.6. The Bertz CT molecular complexity index is 893. The lowest BCUT2D eigenvalue weighted by molar-refractivity contribution is 0.0690.